The van der Waals surface area contributed by atoms with Gasteiger partial charge in [-0.25, -0.2) is 0 Å². The third-order valence-electron chi connectivity index (χ3n) is 2.81. The number of carbonyl (C=O) groups excluding carboxylic acids is 1. The summed E-state index contributed by atoms with van der Waals surface area (Å²) < 4.78 is 0. The van der Waals surface area contributed by atoms with Crippen LogP contribution in [0.2, 0.25) is 0 Å². The van der Waals surface area contributed by atoms with E-state index in [1.807, 2.05) is 0 Å². The van der Waals surface area contributed by atoms with E-state index in [1.165, 1.54) is 57.8 Å². The van der Waals surface area contributed by atoms with Gasteiger partial charge in [-0.3, -0.25) is 4.79 Å². The molecule has 0 unspecified atom stereocenters. The summed E-state index contributed by atoms with van der Waals surface area (Å²) in [5.41, 5.74) is 0. The van der Waals surface area contributed by atoms with Crippen molar-refractivity contribution in [2.75, 3.05) is 0 Å². The minimum atomic E-state index is 0.0922. The third kappa shape index (κ3) is 13.7. The Morgan fingerprint density at radius 1 is 0.800 bits per heavy atom. The summed E-state index contributed by atoms with van der Waals surface area (Å²) in [6.07, 6.45) is 13.9. The average molecular weight is 211 g/mol. The Morgan fingerprint density at radius 2 is 1.20 bits per heavy atom. The molecule has 0 aliphatic carbocycles. The lowest BCUT2D eigenvalue weighted by Gasteiger charge is -2.01. The van der Waals surface area contributed by atoms with E-state index in [4.69, 9.17) is 0 Å². The van der Waals surface area contributed by atoms with Crippen LogP contribution in [0.3, 0.4) is 0 Å². The van der Waals surface area contributed by atoms with Crippen molar-refractivity contribution in [1.82, 2.24) is 0 Å². The Balaban J connectivity index is 2.89. The van der Waals surface area contributed by atoms with Gasteiger partial charge in [-0.15, -0.1) is 0 Å². The van der Waals surface area contributed by atoms with E-state index >= 15 is 0 Å². The highest BCUT2D eigenvalue weighted by Gasteiger charge is 1.94. The third-order valence-corrected chi connectivity index (χ3v) is 2.81. The van der Waals surface area contributed by atoms with Crippen LogP contribution < -0.4 is 0 Å². The predicted octanol–water partition coefficient (Wildman–Crippen LogP) is 4.70. The van der Waals surface area contributed by atoms with Gasteiger partial charge in [0.15, 0.2) is 0 Å². The number of carbonyl (C=O) groups is 1. The molecule has 0 amide bonds. The molecular formula is C14H27O. The average Bonchev–Trinajstić information content (AvgIpc) is 2.20. The second-order valence-electron chi connectivity index (χ2n) is 4.47. The minimum Gasteiger partial charge on any atom is -0.300 e. The molecule has 89 valence electrons. The first kappa shape index (κ1) is 14.7. The van der Waals surface area contributed by atoms with E-state index in [0.717, 1.165) is 6.42 Å². The Morgan fingerprint density at radius 3 is 1.60 bits per heavy atom. The number of rotatable bonds is 11. The van der Waals surface area contributed by atoms with Gasteiger partial charge in [-0.05, 0) is 6.42 Å². The molecule has 0 heterocycles. The Labute approximate surface area is 95.6 Å². The smallest absolute Gasteiger partial charge is 0.133 e. The second kappa shape index (κ2) is 11.7. The zero-order valence-electron chi connectivity index (χ0n) is 10.4. The molecular weight excluding hydrogens is 184 g/mol. The topological polar surface area (TPSA) is 17.1 Å². The monoisotopic (exact) mass is 211 g/mol. The molecule has 0 aliphatic heterocycles. The van der Waals surface area contributed by atoms with Gasteiger partial charge in [0.1, 0.15) is 5.78 Å². The highest BCUT2D eigenvalue weighted by molar-refractivity contribution is 5.82. The molecule has 0 N–H and O–H groups in total. The molecule has 0 bridgehead atoms. The summed E-state index contributed by atoms with van der Waals surface area (Å²) in [5, 5.41) is 0. The van der Waals surface area contributed by atoms with Crippen molar-refractivity contribution >= 4 is 5.78 Å². The normalized spacial score (nSPS) is 10.5. The molecule has 0 saturated carbocycles. The van der Waals surface area contributed by atoms with Crippen LogP contribution in [0.15, 0.2) is 0 Å². The first-order valence-electron chi connectivity index (χ1n) is 6.62. The van der Waals surface area contributed by atoms with E-state index < -0.39 is 0 Å². The van der Waals surface area contributed by atoms with Crippen LogP contribution in [0.5, 0.6) is 0 Å². The van der Waals surface area contributed by atoms with Gasteiger partial charge in [0.25, 0.3) is 0 Å². The van der Waals surface area contributed by atoms with Crippen molar-refractivity contribution in [2.45, 2.75) is 77.6 Å². The summed E-state index contributed by atoms with van der Waals surface area (Å²) in [5.74, 6) is 0.0922. The molecule has 0 atom stereocenters. The molecule has 1 heteroatoms. The number of Topliss-reactive ketones (excluding diaryl/α,β-unsaturated/α-hetero) is 1. The molecule has 0 fully saturated rings. The zero-order valence-corrected chi connectivity index (χ0v) is 10.4. The molecule has 0 aromatic carbocycles. The maximum Gasteiger partial charge on any atom is 0.133 e. The molecule has 0 spiro atoms. The Hall–Kier alpha value is -0.330. The fourth-order valence-electron chi connectivity index (χ4n) is 1.81. The van der Waals surface area contributed by atoms with Gasteiger partial charge in [0, 0.05) is 13.3 Å². The SMILES string of the molecule is [CH2]C(=O)CCCCCCCCCCCC. The number of unbranched alkanes of at least 4 members (excludes halogenated alkanes) is 9. The highest BCUT2D eigenvalue weighted by Crippen LogP contribution is 2.11. The number of ketones is 1. The van der Waals surface area contributed by atoms with Crippen LogP contribution in [-0.2, 0) is 4.79 Å². The van der Waals surface area contributed by atoms with Gasteiger partial charge in [-0.2, -0.15) is 0 Å². The molecule has 0 rings (SSSR count). The minimum absolute atomic E-state index is 0.0922. The molecule has 0 aliphatic rings. The fourth-order valence-corrected chi connectivity index (χ4v) is 1.81. The van der Waals surface area contributed by atoms with Crippen LogP contribution in [0.4, 0.5) is 0 Å². The fraction of sp³-hybridized carbons (Fsp3) is 0.857. The standard InChI is InChI=1S/C14H27O/c1-3-4-5-6-7-8-9-10-11-12-13-14(2)15/h2-13H2,1H3. The van der Waals surface area contributed by atoms with E-state index in [0.29, 0.717) is 6.42 Å². The van der Waals surface area contributed by atoms with Crippen LogP contribution in [-0.4, -0.2) is 5.78 Å². The van der Waals surface area contributed by atoms with Crippen molar-refractivity contribution in [3.05, 3.63) is 6.92 Å². The summed E-state index contributed by atoms with van der Waals surface area (Å²) in [7, 11) is 0. The van der Waals surface area contributed by atoms with Crippen molar-refractivity contribution in [3.63, 3.8) is 0 Å². The number of hydrogen-bond acceptors (Lipinski definition) is 1. The summed E-state index contributed by atoms with van der Waals surface area (Å²) in [6.45, 7) is 5.63. The van der Waals surface area contributed by atoms with Crippen molar-refractivity contribution in [2.24, 2.45) is 0 Å². The molecule has 0 saturated heterocycles. The maximum absolute atomic E-state index is 10.6. The van der Waals surface area contributed by atoms with E-state index in [9.17, 15) is 4.79 Å². The van der Waals surface area contributed by atoms with Crippen LogP contribution in [0.1, 0.15) is 77.6 Å². The lowest BCUT2D eigenvalue weighted by atomic mass is 10.1. The molecule has 0 aromatic heterocycles. The van der Waals surface area contributed by atoms with Crippen molar-refractivity contribution < 1.29 is 4.79 Å². The second-order valence-corrected chi connectivity index (χ2v) is 4.47. The van der Waals surface area contributed by atoms with Gasteiger partial charge in [-0.1, -0.05) is 64.7 Å². The Bertz CT molecular complexity index is 140. The summed E-state index contributed by atoms with van der Waals surface area (Å²) >= 11 is 0. The first-order valence-corrected chi connectivity index (χ1v) is 6.62. The summed E-state index contributed by atoms with van der Waals surface area (Å²) in [4.78, 5) is 10.6. The lowest BCUT2D eigenvalue weighted by Crippen LogP contribution is -1.89. The molecule has 15 heavy (non-hydrogen) atoms. The molecule has 0 aromatic rings. The van der Waals surface area contributed by atoms with Crippen molar-refractivity contribution in [1.29, 1.82) is 0 Å². The zero-order chi connectivity index (χ0) is 11.4. The first-order chi connectivity index (χ1) is 7.27. The van der Waals surface area contributed by atoms with Crippen LogP contribution in [0, 0.1) is 6.92 Å². The van der Waals surface area contributed by atoms with Gasteiger partial charge >= 0.3 is 0 Å². The van der Waals surface area contributed by atoms with Crippen LogP contribution >= 0.6 is 0 Å². The Kier molecular flexibility index (Phi) is 11.5. The van der Waals surface area contributed by atoms with Gasteiger partial charge in [0.2, 0.25) is 0 Å². The van der Waals surface area contributed by atoms with E-state index in [1.54, 1.807) is 0 Å². The molecule has 1 radical (unpaired) electrons. The van der Waals surface area contributed by atoms with Gasteiger partial charge < -0.3 is 0 Å². The number of hydrogen-bond donors (Lipinski definition) is 0. The van der Waals surface area contributed by atoms with Crippen LogP contribution in [0.25, 0.3) is 0 Å². The lowest BCUT2D eigenvalue weighted by molar-refractivity contribution is -0.114. The quantitative estimate of drug-likeness (QED) is 0.453. The predicted molar refractivity (Wildman–Crippen MR) is 66.8 cm³/mol. The maximum atomic E-state index is 10.6. The molecule has 1 nitrogen and oxygen atoms in total. The van der Waals surface area contributed by atoms with Crippen molar-refractivity contribution in [3.8, 4) is 0 Å². The highest BCUT2D eigenvalue weighted by atomic mass is 16.1. The van der Waals surface area contributed by atoms with Gasteiger partial charge in [0.05, 0.1) is 0 Å². The summed E-state index contributed by atoms with van der Waals surface area (Å²) in [6, 6.07) is 0. The largest absolute Gasteiger partial charge is 0.300 e. The van der Waals surface area contributed by atoms with E-state index in [-0.39, 0.29) is 5.78 Å². The van der Waals surface area contributed by atoms with E-state index in [2.05, 4.69) is 13.8 Å².